The monoisotopic (exact) mass is 421 g/mol. The van der Waals surface area contributed by atoms with Gasteiger partial charge in [0.1, 0.15) is 0 Å². The Morgan fingerprint density at radius 2 is 1.78 bits per heavy atom. The lowest BCUT2D eigenvalue weighted by molar-refractivity contribution is 0.0957. The highest BCUT2D eigenvalue weighted by Gasteiger charge is 2.14. The SMILES string of the molecule is COc1cc(I)c(C(=O)NCC#Cc2ccccc2)cc1OC. The van der Waals surface area contributed by atoms with Crippen LogP contribution < -0.4 is 14.8 Å². The molecule has 0 fully saturated rings. The molecule has 0 heterocycles. The fraction of sp³-hybridized carbons (Fsp3) is 0.167. The molecular weight excluding hydrogens is 405 g/mol. The van der Waals surface area contributed by atoms with E-state index in [0.29, 0.717) is 17.1 Å². The van der Waals surface area contributed by atoms with E-state index in [1.54, 1.807) is 19.2 Å². The Hall–Kier alpha value is -2.20. The van der Waals surface area contributed by atoms with Gasteiger partial charge in [0.05, 0.1) is 26.3 Å². The molecule has 0 saturated carbocycles. The van der Waals surface area contributed by atoms with Gasteiger partial charge in [-0.25, -0.2) is 0 Å². The molecule has 118 valence electrons. The second-order valence-electron chi connectivity index (χ2n) is 4.54. The van der Waals surface area contributed by atoms with Gasteiger partial charge in [-0.2, -0.15) is 0 Å². The van der Waals surface area contributed by atoms with Gasteiger partial charge in [0.15, 0.2) is 11.5 Å². The molecule has 0 aliphatic rings. The molecule has 1 amide bonds. The van der Waals surface area contributed by atoms with Crippen molar-refractivity contribution < 1.29 is 14.3 Å². The number of benzene rings is 2. The Morgan fingerprint density at radius 3 is 2.43 bits per heavy atom. The van der Waals surface area contributed by atoms with E-state index in [1.807, 2.05) is 30.3 Å². The minimum atomic E-state index is -0.197. The van der Waals surface area contributed by atoms with Crippen LogP contribution >= 0.6 is 22.6 Å². The molecule has 2 aromatic carbocycles. The van der Waals surface area contributed by atoms with Gasteiger partial charge in [-0.1, -0.05) is 30.0 Å². The average Bonchev–Trinajstić information content (AvgIpc) is 2.59. The zero-order valence-electron chi connectivity index (χ0n) is 12.9. The van der Waals surface area contributed by atoms with Crippen LogP contribution in [0, 0.1) is 15.4 Å². The van der Waals surface area contributed by atoms with Crippen molar-refractivity contribution in [1.82, 2.24) is 5.32 Å². The highest BCUT2D eigenvalue weighted by molar-refractivity contribution is 14.1. The van der Waals surface area contributed by atoms with Crippen LogP contribution in [0.2, 0.25) is 0 Å². The Labute approximate surface area is 149 Å². The van der Waals surface area contributed by atoms with E-state index in [4.69, 9.17) is 9.47 Å². The molecule has 0 radical (unpaired) electrons. The average molecular weight is 421 g/mol. The van der Waals surface area contributed by atoms with Crippen molar-refractivity contribution in [3.8, 4) is 23.3 Å². The number of ether oxygens (including phenoxy) is 2. The molecule has 0 aromatic heterocycles. The zero-order chi connectivity index (χ0) is 16.7. The minimum absolute atomic E-state index is 0.197. The highest BCUT2D eigenvalue weighted by atomic mass is 127. The maximum atomic E-state index is 12.3. The third kappa shape index (κ3) is 4.63. The maximum absolute atomic E-state index is 12.3. The lowest BCUT2D eigenvalue weighted by atomic mass is 10.2. The van der Waals surface area contributed by atoms with Gasteiger partial charge in [0.2, 0.25) is 0 Å². The lowest BCUT2D eigenvalue weighted by Crippen LogP contribution is -2.24. The van der Waals surface area contributed by atoms with Crippen molar-refractivity contribution >= 4 is 28.5 Å². The summed E-state index contributed by atoms with van der Waals surface area (Å²) in [7, 11) is 3.10. The summed E-state index contributed by atoms with van der Waals surface area (Å²) in [5.74, 6) is 6.85. The predicted octanol–water partition coefficient (Wildman–Crippen LogP) is 3.09. The fourth-order valence-corrected chi connectivity index (χ4v) is 2.60. The van der Waals surface area contributed by atoms with Crippen LogP contribution in [0.5, 0.6) is 11.5 Å². The first-order valence-electron chi connectivity index (χ1n) is 6.89. The van der Waals surface area contributed by atoms with E-state index < -0.39 is 0 Å². The first-order valence-corrected chi connectivity index (χ1v) is 7.97. The predicted molar refractivity (Wildman–Crippen MR) is 97.9 cm³/mol. The minimum Gasteiger partial charge on any atom is -0.493 e. The summed E-state index contributed by atoms with van der Waals surface area (Å²) in [5.41, 5.74) is 1.45. The molecule has 0 unspecified atom stereocenters. The van der Waals surface area contributed by atoms with Crippen LogP contribution in [-0.4, -0.2) is 26.7 Å². The van der Waals surface area contributed by atoms with Crippen molar-refractivity contribution in [2.45, 2.75) is 0 Å². The second kappa shape index (κ2) is 8.44. The number of rotatable bonds is 4. The Kier molecular flexibility index (Phi) is 6.29. The van der Waals surface area contributed by atoms with Crippen LogP contribution in [0.1, 0.15) is 15.9 Å². The van der Waals surface area contributed by atoms with E-state index in [0.717, 1.165) is 9.13 Å². The number of carbonyl (C=O) groups excluding carboxylic acids is 1. The Bertz CT molecular complexity index is 748. The molecule has 0 atom stereocenters. The summed E-state index contributed by atoms with van der Waals surface area (Å²) in [6, 6.07) is 13.1. The van der Waals surface area contributed by atoms with Gasteiger partial charge in [0.25, 0.3) is 5.91 Å². The zero-order valence-corrected chi connectivity index (χ0v) is 15.0. The van der Waals surface area contributed by atoms with Crippen molar-refractivity contribution in [2.24, 2.45) is 0 Å². The van der Waals surface area contributed by atoms with Gasteiger partial charge in [-0.3, -0.25) is 4.79 Å². The van der Waals surface area contributed by atoms with Crippen molar-refractivity contribution in [2.75, 3.05) is 20.8 Å². The number of halogens is 1. The molecule has 0 saturated heterocycles. The number of carbonyl (C=O) groups is 1. The largest absolute Gasteiger partial charge is 0.493 e. The number of hydrogen-bond donors (Lipinski definition) is 1. The molecule has 2 aromatic rings. The molecule has 1 N–H and O–H groups in total. The number of nitrogens with one attached hydrogen (secondary N) is 1. The van der Waals surface area contributed by atoms with Crippen LogP contribution in [0.25, 0.3) is 0 Å². The van der Waals surface area contributed by atoms with E-state index in [2.05, 4.69) is 39.7 Å². The molecule has 0 bridgehead atoms. The van der Waals surface area contributed by atoms with Gasteiger partial charge < -0.3 is 14.8 Å². The smallest absolute Gasteiger partial charge is 0.253 e. The third-order valence-corrected chi connectivity index (χ3v) is 3.95. The van der Waals surface area contributed by atoms with Crippen LogP contribution in [0.4, 0.5) is 0 Å². The lowest BCUT2D eigenvalue weighted by Gasteiger charge is -2.11. The molecule has 5 heteroatoms. The molecular formula is C18H16INO3. The Morgan fingerprint density at radius 1 is 1.13 bits per heavy atom. The van der Waals surface area contributed by atoms with Crippen LogP contribution in [0.3, 0.4) is 0 Å². The normalized spacial score (nSPS) is 9.52. The maximum Gasteiger partial charge on any atom is 0.253 e. The molecule has 0 aliphatic carbocycles. The van der Waals surface area contributed by atoms with E-state index in [1.165, 1.54) is 7.11 Å². The summed E-state index contributed by atoms with van der Waals surface area (Å²) < 4.78 is 11.2. The number of amides is 1. The summed E-state index contributed by atoms with van der Waals surface area (Å²) in [6.45, 7) is 0.276. The quantitative estimate of drug-likeness (QED) is 0.610. The molecule has 0 spiro atoms. The fourth-order valence-electron chi connectivity index (χ4n) is 1.92. The van der Waals surface area contributed by atoms with Crippen molar-refractivity contribution in [1.29, 1.82) is 0 Å². The van der Waals surface area contributed by atoms with E-state index in [9.17, 15) is 4.79 Å². The van der Waals surface area contributed by atoms with Gasteiger partial charge in [0, 0.05) is 9.13 Å². The number of hydrogen-bond acceptors (Lipinski definition) is 3. The van der Waals surface area contributed by atoms with Gasteiger partial charge >= 0.3 is 0 Å². The summed E-state index contributed by atoms with van der Waals surface area (Å²) >= 11 is 2.10. The molecule has 2 rings (SSSR count). The number of methoxy groups -OCH3 is 2. The van der Waals surface area contributed by atoms with Gasteiger partial charge in [-0.05, 0) is 46.9 Å². The van der Waals surface area contributed by atoms with Crippen molar-refractivity contribution in [3.63, 3.8) is 0 Å². The topological polar surface area (TPSA) is 47.6 Å². The second-order valence-corrected chi connectivity index (χ2v) is 5.70. The Balaban J connectivity index is 2.05. The molecule has 23 heavy (non-hydrogen) atoms. The van der Waals surface area contributed by atoms with E-state index in [-0.39, 0.29) is 12.5 Å². The highest BCUT2D eigenvalue weighted by Crippen LogP contribution is 2.31. The standard InChI is InChI=1S/C18H16INO3/c1-22-16-11-14(15(19)12-17(16)23-2)18(21)20-10-6-9-13-7-4-3-5-8-13/h3-5,7-8,11-12H,10H2,1-2H3,(H,20,21). The van der Waals surface area contributed by atoms with Crippen LogP contribution in [-0.2, 0) is 0 Å². The van der Waals surface area contributed by atoms with Crippen LogP contribution in [0.15, 0.2) is 42.5 Å². The summed E-state index contributed by atoms with van der Waals surface area (Å²) in [4.78, 5) is 12.3. The first kappa shape index (κ1) is 17.2. The van der Waals surface area contributed by atoms with Crippen molar-refractivity contribution in [3.05, 3.63) is 57.2 Å². The molecule has 0 aliphatic heterocycles. The third-order valence-electron chi connectivity index (χ3n) is 3.06. The van der Waals surface area contributed by atoms with E-state index >= 15 is 0 Å². The first-order chi connectivity index (χ1) is 11.2. The summed E-state index contributed by atoms with van der Waals surface area (Å²) in [6.07, 6.45) is 0. The molecule has 4 nitrogen and oxygen atoms in total. The summed E-state index contributed by atoms with van der Waals surface area (Å²) in [5, 5.41) is 2.79. The van der Waals surface area contributed by atoms with Gasteiger partial charge in [-0.15, -0.1) is 0 Å².